The molecular formula is C26H33N5O3. The molecule has 8 nitrogen and oxygen atoms in total. The first-order valence-corrected chi connectivity index (χ1v) is 12.6. The van der Waals surface area contributed by atoms with Gasteiger partial charge in [-0.05, 0) is 51.5 Å². The summed E-state index contributed by atoms with van der Waals surface area (Å²) in [7, 11) is 2.11. The van der Waals surface area contributed by atoms with Crippen LogP contribution < -0.4 is 19.3 Å². The SMILES string of the molecule is Cc1nccc(O[C@H]2CC[C@@H](Oc3cc(N4CC5CCC(C4)O5)cc4c3N(C)CC=N4)CC2)n1. The summed E-state index contributed by atoms with van der Waals surface area (Å²) in [6, 6.07) is 6.28. The second-order valence-corrected chi connectivity index (χ2v) is 9.94. The number of aryl methyl sites for hydroxylation is 1. The lowest BCUT2D eigenvalue weighted by Gasteiger charge is -2.36. The van der Waals surface area contributed by atoms with Crippen LogP contribution in [0.1, 0.15) is 44.3 Å². The Kier molecular flexibility index (Phi) is 5.77. The van der Waals surface area contributed by atoms with Crippen LogP contribution in [0.5, 0.6) is 11.6 Å². The molecule has 180 valence electrons. The lowest BCUT2D eigenvalue weighted by atomic mass is 9.95. The molecule has 8 heteroatoms. The molecule has 2 atom stereocenters. The van der Waals surface area contributed by atoms with E-state index < -0.39 is 0 Å². The third kappa shape index (κ3) is 4.43. The van der Waals surface area contributed by atoms with Gasteiger partial charge in [0.05, 0.1) is 30.5 Å². The molecule has 34 heavy (non-hydrogen) atoms. The number of morpholine rings is 1. The summed E-state index contributed by atoms with van der Waals surface area (Å²) < 4.78 is 18.9. The average Bonchev–Trinajstić information content (AvgIpc) is 3.17. The number of benzene rings is 1. The number of aliphatic imine (C=N–C) groups is 1. The van der Waals surface area contributed by atoms with Crippen molar-refractivity contribution >= 4 is 23.3 Å². The van der Waals surface area contributed by atoms with Gasteiger partial charge in [0.15, 0.2) is 0 Å². The normalized spacial score (nSPS) is 28.1. The number of anilines is 2. The highest BCUT2D eigenvalue weighted by Gasteiger charge is 2.35. The summed E-state index contributed by atoms with van der Waals surface area (Å²) in [5.41, 5.74) is 3.28. The van der Waals surface area contributed by atoms with Gasteiger partial charge in [0.1, 0.15) is 23.4 Å². The standard InChI is InChI=1S/C26H33N5O3/c1-17-27-10-9-25(29-17)34-20-5-3-19(4-6-20)33-24-14-18(13-23-26(24)30(2)12-11-28-23)31-15-21-7-8-22(16-31)32-21/h9-11,13-14,19-22H,3-8,12,15-16H2,1-2H3/t19-,20+,21?,22?. The van der Waals surface area contributed by atoms with E-state index in [0.717, 1.165) is 81.1 Å². The Bertz CT molecular complexity index is 1060. The summed E-state index contributed by atoms with van der Waals surface area (Å²) in [6.45, 7) is 4.57. The number of hydrogen-bond acceptors (Lipinski definition) is 8. The fourth-order valence-corrected chi connectivity index (χ4v) is 5.63. The van der Waals surface area contributed by atoms with E-state index >= 15 is 0 Å². The molecule has 2 unspecified atom stereocenters. The Morgan fingerprint density at radius 3 is 2.44 bits per heavy atom. The maximum atomic E-state index is 6.69. The van der Waals surface area contributed by atoms with E-state index in [9.17, 15) is 0 Å². The molecule has 3 fully saturated rings. The van der Waals surface area contributed by atoms with Crippen molar-refractivity contribution in [3.8, 4) is 11.6 Å². The predicted molar refractivity (Wildman–Crippen MR) is 132 cm³/mol. The molecule has 0 amide bonds. The van der Waals surface area contributed by atoms with E-state index in [4.69, 9.17) is 19.2 Å². The smallest absolute Gasteiger partial charge is 0.216 e. The quantitative estimate of drug-likeness (QED) is 0.662. The van der Waals surface area contributed by atoms with Crippen molar-refractivity contribution in [1.29, 1.82) is 0 Å². The number of ether oxygens (including phenoxy) is 3. The van der Waals surface area contributed by atoms with Crippen molar-refractivity contribution in [3.63, 3.8) is 0 Å². The molecule has 3 aliphatic heterocycles. The van der Waals surface area contributed by atoms with Crippen LogP contribution in [0.2, 0.25) is 0 Å². The zero-order chi connectivity index (χ0) is 23.1. The van der Waals surface area contributed by atoms with Crippen LogP contribution in [0.15, 0.2) is 29.4 Å². The molecule has 1 aromatic heterocycles. The van der Waals surface area contributed by atoms with Gasteiger partial charge < -0.3 is 24.0 Å². The molecule has 0 radical (unpaired) electrons. The molecule has 0 spiro atoms. The van der Waals surface area contributed by atoms with Crippen molar-refractivity contribution in [3.05, 3.63) is 30.2 Å². The first kappa shape index (κ1) is 21.6. The van der Waals surface area contributed by atoms with E-state index in [0.29, 0.717) is 18.1 Å². The molecule has 2 aromatic rings. The van der Waals surface area contributed by atoms with Gasteiger partial charge >= 0.3 is 0 Å². The van der Waals surface area contributed by atoms with E-state index in [2.05, 4.69) is 38.9 Å². The second kappa shape index (κ2) is 9.06. The number of nitrogens with zero attached hydrogens (tertiary/aromatic N) is 5. The first-order chi connectivity index (χ1) is 16.6. The van der Waals surface area contributed by atoms with E-state index in [1.807, 2.05) is 19.2 Å². The largest absolute Gasteiger partial charge is 0.488 e. The molecule has 4 heterocycles. The fraction of sp³-hybridized carbons (Fsp3) is 0.577. The van der Waals surface area contributed by atoms with Crippen molar-refractivity contribution in [2.75, 3.05) is 36.5 Å². The highest BCUT2D eigenvalue weighted by molar-refractivity contribution is 5.87. The minimum atomic E-state index is 0.172. The molecule has 1 aromatic carbocycles. The summed E-state index contributed by atoms with van der Waals surface area (Å²) in [4.78, 5) is 18.0. The maximum absolute atomic E-state index is 6.69. The van der Waals surface area contributed by atoms with Crippen LogP contribution in [0.25, 0.3) is 0 Å². The van der Waals surface area contributed by atoms with Crippen LogP contribution in [0.3, 0.4) is 0 Å². The predicted octanol–water partition coefficient (Wildman–Crippen LogP) is 4.07. The molecule has 2 saturated heterocycles. The van der Waals surface area contributed by atoms with E-state index in [1.54, 1.807) is 6.20 Å². The highest BCUT2D eigenvalue weighted by atomic mass is 16.5. The van der Waals surface area contributed by atoms with E-state index in [-0.39, 0.29) is 12.2 Å². The number of aromatic nitrogens is 2. The van der Waals surface area contributed by atoms with Crippen LogP contribution >= 0.6 is 0 Å². The zero-order valence-electron chi connectivity index (χ0n) is 20.0. The Morgan fingerprint density at radius 1 is 0.971 bits per heavy atom. The molecule has 4 aliphatic rings. The highest BCUT2D eigenvalue weighted by Crippen LogP contribution is 2.45. The monoisotopic (exact) mass is 463 g/mol. The van der Waals surface area contributed by atoms with Gasteiger partial charge in [-0.15, -0.1) is 0 Å². The molecule has 1 saturated carbocycles. The zero-order valence-corrected chi connectivity index (χ0v) is 20.0. The molecule has 1 aliphatic carbocycles. The summed E-state index contributed by atoms with van der Waals surface area (Å²) in [6.07, 6.45) is 10.9. The fourth-order valence-electron chi connectivity index (χ4n) is 5.63. The number of fused-ring (bicyclic) bond motifs is 3. The van der Waals surface area contributed by atoms with Gasteiger partial charge in [-0.1, -0.05) is 0 Å². The molecule has 6 rings (SSSR count). The average molecular weight is 464 g/mol. The van der Waals surface area contributed by atoms with E-state index in [1.165, 1.54) is 5.69 Å². The third-order valence-electron chi connectivity index (χ3n) is 7.37. The van der Waals surface area contributed by atoms with Crippen LogP contribution in [0.4, 0.5) is 17.1 Å². The van der Waals surface area contributed by atoms with Crippen LogP contribution in [0, 0.1) is 6.92 Å². The summed E-state index contributed by atoms with van der Waals surface area (Å²) in [5, 5.41) is 0. The number of hydrogen-bond donors (Lipinski definition) is 0. The second-order valence-electron chi connectivity index (χ2n) is 9.94. The van der Waals surface area contributed by atoms with Crippen molar-refractivity contribution < 1.29 is 14.2 Å². The number of rotatable bonds is 5. The Balaban J connectivity index is 1.17. The Hall–Kier alpha value is -2.87. The topological polar surface area (TPSA) is 72.3 Å². The molecule has 0 N–H and O–H groups in total. The van der Waals surface area contributed by atoms with Gasteiger partial charge in [0, 0.05) is 50.4 Å². The van der Waals surface area contributed by atoms with Crippen molar-refractivity contribution in [2.45, 2.75) is 69.9 Å². The molecular weight excluding hydrogens is 430 g/mol. The van der Waals surface area contributed by atoms with Crippen molar-refractivity contribution in [2.24, 2.45) is 4.99 Å². The summed E-state index contributed by atoms with van der Waals surface area (Å²) in [5.74, 6) is 2.35. The minimum absolute atomic E-state index is 0.172. The van der Waals surface area contributed by atoms with Gasteiger partial charge in [-0.3, -0.25) is 4.99 Å². The molecule has 2 bridgehead atoms. The maximum Gasteiger partial charge on any atom is 0.216 e. The van der Waals surface area contributed by atoms with Gasteiger partial charge in [0.25, 0.3) is 0 Å². The van der Waals surface area contributed by atoms with Crippen molar-refractivity contribution in [1.82, 2.24) is 9.97 Å². The Morgan fingerprint density at radius 2 is 1.71 bits per heavy atom. The van der Waals surface area contributed by atoms with Gasteiger partial charge in [-0.2, -0.15) is 4.98 Å². The van der Waals surface area contributed by atoms with Crippen LogP contribution in [-0.4, -0.2) is 67.3 Å². The Labute approximate surface area is 200 Å². The minimum Gasteiger partial charge on any atom is -0.488 e. The van der Waals surface area contributed by atoms with Gasteiger partial charge in [0.2, 0.25) is 5.88 Å². The van der Waals surface area contributed by atoms with Gasteiger partial charge in [-0.25, -0.2) is 4.98 Å². The lowest BCUT2D eigenvalue weighted by Crippen LogP contribution is -2.42. The summed E-state index contributed by atoms with van der Waals surface area (Å²) >= 11 is 0. The lowest BCUT2D eigenvalue weighted by molar-refractivity contribution is 0.0304. The van der Waals surface area contributed by atoms with Crippen LogP contribution in [-0.2, 0) is 4.74 Å². The first-order valence-electron chi connectivity index (χ1n) is 12.6. The third-order valence-corrected chi connectivity index (χ3v) is 7.37.